The summed E-state index contributed by atoms with van der Waals surface area (Å²) in [5.74, 6) is 0.616. The van der Waals surface area contributed by atoms with Crippen LogP contribution in [0.15, 0.2) is 18.2 Å². The SMILES string of the molecule is COc1ccc(C2C(N)CCN2C)cc1C#N. The minimum Gasteiger partial charge on any atom is -0.495 e. The van der Waals surface area contributed by atoms with Gasteiger partial charge < -0.3 is 10.5 Å². The molecule has 1 aromatic carbocycles. The highest BCUT2D eigenvalue weighted by atomic mass is 16.5. The summed E-state index contributed by atoms with van der Waals surface area (Å²) in [6.07, 6.45) is 0.995. The number of methoxy groups -OCH3 is 1. The van der Waals surface area contributed by atoms with Crippen molar-refractivity contribution in [2.45, 2.75) is 18.5 Å². The molecule has 1 aliphatic rings. The standard InChI is InChI=1S/C13H17N3O/c1-16-6-5-11(15)13(16)9-3-4-12(17-2)10(7-9)8-14/h3-4,7,11,13H,5-6,15H2,1-2H3. The molecule has 2 rings (SSSR count). The Bertz CT molecular complexity index is 442. The highest BCUT2D eigenvalue weighted by molar-refractivity contribution is 5.46. The molecule has 1 aliphatic heterocycles. The van der Waals surface area contributed by atoms with E-state index >= 15 is 0 Å². The Labute approximate surface area is 102 Å². The van der Waals surface area contributed by atoms with E-state index in [2.05, 4.69) is 18.0 Å². The minimum atomic E-state index is 0.139. The van der Waals surface area contributed by atoms with Crippen LogP contribution in [0.2, 0.25) is 0 Å². The second-order valence-electron chi connectivity index (χ2n) is 4.45. The summed E-state index contributed by atoms with van der Waals surface area (Å²) >= 11 is 0. The first-order valence-electron chi connectivity index (χ1n) is 5.71. The zero-order valence-corrected chi connectivity index (χ0v) is 10.2. The molecule has 0 aliphatic carbocycles. The molecule has 0 amide bonds. The normalized spacial score (nSPS) is 24.6. The Morgan fingerprint density at radius 1 is 1.53 bits per heavy atom. The lowest BCUT2D eigenvalue weighted by molar-refractivity contribution is 0.303. The Morgan fingerprint density at radius 2 is 2.29 bits per heavy atom. The van der Waals surface area contributed by atoms with E-state index in [1.807, 2.05) is 18.2 Å². The van der Waals surface area contributed by atoms with Crippen LogP contribution in [-0.2, 0) is 0 Å². The highest BCUT2D eigenvalue weighted by Crippen LogP contribution is 2.32. The van der Waals surface area contributed by atoms with Crippen LogP contribution in [-0.4, -0.2) is 31.6 Å². The van der Waals surface area contributed by atoms with Gasteiger partial charge in [-0.25, -0.2) is 0 Å². The van der Waals surface area contributed by atoms with Gasteiger partial charge in [-0.05, 0) is 31.2 Å². The summed E-state index contributed by atoms with van der Waals surface area (Å²) < 4.78 is 5.14. The predicted molar refractivity (Wildman–Crippen MR) is 65.7 cm³/mol. The van der Waals surface area contributed by atoms with Crippen molar-refractivity contribution >= 4 is 0 Å². The topological polar surface area (TPSA) is 62.3 Å². The number of nitrogens with two attached hydrogens (primary N) is 1. The molecule has 1 fully saturated rings. The molecule has 1 aromatic rings. The van der Waals surface area contributed by atoms with E-state index in [0.717, 1.165) is 18.5 Å². The molecule has 2 atom stereocenters. The van der Waals surface area contributed by atoms with Crippen LogP contribution in [0.3, 0.4) is 0 Å². The second kappa shape index (κ2) is 4.74. The van der Waals surface area contributed by atoms with Crippen molar-refractivity contribution in [2.24, 2.45) is 5.73 Å². The van der Waals surface area contributed by atoms with Crippen molar-refractivity contribution < 1.29 is 4.74 Å². The van der Waals surface area contributed by atoms with Gasteiger partial charge >= 0.3 is 0 Å². The molecular weight excluding hydrogens is 214 g/mol. The first-order valence-corrected chi connectivity index (χ1v) is 5.71. The van der Waals surface area contributed by atoms with Crippen LogP contribution >= 0.6 is 0 Å². The van der Waals surface area contributed by atoms with E-state index in [9.17, 15) is 0 Å². The predicted octanol–water partition coefficient (Wildman–Crippen LogP) is 1.27. The van der Waals surface area contributed by atoms with Crippen molar-refractivity contribution in [3.8, 4) is 11.8 Å². The fraction of sp³-hybridized carbons (Fsp3) is 0.462. The van der Waals surface area contributed by atoms with E-state index in [-0.39, 0.29) is 12.1 Å². The summed E-state index contributed by atoms with van der Waals surface area (Å²) in [5.41, 5.74) is 7.77. The van der Waals surface area contributed by atoms with Crippen molar-refractivity contribution in [3.63, 3.8) is 0 Å². The van der Waals surface area contributed by atoms with Crippen molar-refractivity contribution in [2.75, 3.05) is 20.7 Å². The van der Waals surface area contributed by atoms with E-state index in [4.69, 9.17) is 15.7 Å². The number of nitriles is 1. The Kier molecular flexibility index (Phi) is 3.32. The van der Waals surface area contributed by atoms with Gasteiger partial charge in [0.2, 0.25) is 0 Å². The van der Waals surface area contributed by atoms with Gasteiger partial charge in [-0.1, -0.05) is 6.07 Å². The number of rotatable bonds is 2. The van der Waals surface area contributed by atoms with Crippen molar-refractivity contribution in [1.82, 2.24) is 4.90 Å². The van der Waals surface area contributed by atoms with Crippen LogP contribution in [0, 0.1) is 11.3 Å². The minimum absolute atomic E-state index is 0.139. The molecule has 90 valence electrons. The van der Waals surface area contributed by atoms with E-state index in [1.165, 1.54) is 0 Å². The van der Waals surface area contributed by atoms with Crippen molar-refractivity contribution in [3.05, 3.63) is 29.3 Å². The summed E-state index contributed by atoms with van der Waals surface area (Å²) in [4.78, 5) is 2.23. The highest BCUT2D eigenvalue weighted by Gasteiger charge is 2.30. The molecule has 2 unspecified atom stereocenters. The molecule has 0 radical (unpaired) electrons. The third kappa shape index (κ3) is 2.12. The van der Waals surface area contributed by atoms with Gasteiger partial charge in [0.1, 0.15) is 11.8 Å². The molecule has 2 N–H and O–H groups in total. The van der Waals surface area contributed by atoms with Gasteiger partial charge in [0.05, 0.1) is 12.7 Å². The fourth-order valence-electron chi connectivity index (χ4n) is 2.48. The second-order valence-corrected chi connectivity index (χ2v) is 4.45. The Balaban J connectivity index is 2.37. The van der Waals surface area contributed by atoms with Gasteiger partial charge in [-0.15, -0.1) is 0 Å². The molecule has 4 heteroatoms. The quantitative estimate of drug-likeness (QED) is 0.832. The lowest BCUT2D eigenvalue weighted by Crippen LogP contribution is -2.29. The van der Waals surface area contributed by atoms with Crippen molar-refractivity contribution in [1.29, 1.82) is 5.26 Å². The largest absolute Gasteiger partial charge is 0.495 e. The average molecular weight is 231 g/mol. The molecular formula is C13H17N3O. The van der Waals surface area contributed by atoms with E-state index < -0.39 is 0 Å². The third-order valence-corrected chi connectivity index (χ3v) is 3.38. The maximum atomic E-state index is 9.07. The number of ether oxygens (including phenoxy) is 1. The monoisotopic (exact) mass is 231 g/mol. The lowest BCUT2D eigenvalue weighted by atomic mass is 9.99. The number of hydrogen-bond donors (Lipinski definition) is 1. The summed E-state index contributed by atoms with van der Waals surface area (Å²) in [6, 6.07) is 8.21. The smallest absolute Gasteiger partial charge is 0.136 e. The van der Waals surface area contributed by atoms with Gasteiger partial charge in [0.25, 0.3) is 0 Å². The van der Waals surface area contributed by atoms with Crippen LogP contribution in [0.25, 0.3) is 0 Å². The lowest BCUT2D eigenvalue weighted by Gasteiger charge is -2.23. The van der Waals surface area contributed by atoms with Gasteiger partial charge in [-0.2, -0.15) is 5.26 Å². The Hall–Kier alpha value is -1.57. The van der Waals surface area contributed by atoms with E-state index in [1.54, 1.807) is 7.11 Å². The maximum Gasteiger partial charge on any atom is 0.136 e. The first kappa shape index (κ1) is 11.9. The molecule has 4 nitrogen and oxygen atoms in total. The van der Waals surface area contributed by atoms with Gasteiger partial charge in [-0.3, -0.25) is 4.90 Å². The molecule has 0 bridgehead atoms. The number of likely N-dealkylation sites (N-methyl/N-ethyl adjacent to an activating group) is 1. The van der Waals surface area contributed by atoms with E-state index in [0.29, 0.717) is 11.3 Å². The molecule has 0 aromatic heterocycles. The maximum absolute atomic E-state index is 9.07. The van der Waals surface area contributed by atoms with Crippen LogP contribution in [0.1, 0.15) is 23.6 Å². The zero-order chi connectivity index (χ0) is 12.4. The van der Waals surface area contributed by atoms with Crippen LogP contribution < -0.4 is 10.5 Å². The number of hydrogen-bond acceptors (Lipinski definition) is 4. The van der Waals surface area contributed by atoms with Crippen LogP contribution in [0.4, 0.5) is 0 Å². The van der Waals surface area contributed by atoms with Gasteiger partial charge in [0, 0.05) is 18.6 Å². The molecule has 17 heavy (non-hydrogen) atoms. The molecule has 1 saturated heterocycles. The van der Waals surface area contributed by atoms with Crippen LogP contribution in [0.5, 0.6) is 5.75 Å². The fourth-order valence-corrected chi connectivity index (χ4v) is 2.48. The average Bonchev–Trinajstić information content (AvgIpc) is 2.68. The molecule has 0 saturated carbocycles. The first-order chi connectivity index (χ1) is 8.17. The summed E-state index contributed by atoms with van der Waals surface area (Å²) in [6.45, 7) is 1.000. The number of likely N-dealkylation sites (tertiary alicyclic amines) is 1. The molecule has 0 spiro atoms. The summed E-state index contributed by atoms with van der Waals surface area (Å²) in [5, 5.41) is 9.07. The molecule has 1 heterocycles. The van der Waals surface area contributed by atoms with Gasteiger partial charge in [0.15, 0.2) is 0 Å². The third-order valence-electron chi connectivity index (χ3n) is 3.38. The number of benzene rings is 1. The number of nitrogens with zero attached hydrogens (tertiary/aromatic N) is 2. The Morgan fingerprint density at radius 3 is 2.82 bits per heavy atom. The summed E-state index contributed by atoms with van der Waals surface area (Å²) in [7, 11) is 3.64. The zero-order valence-electron chi connectivity index (χ0n) is 10.2.